The first kappa shape index (κ1) is 14.8. The van der Waals surface area contributed by atoms with Crippen LogP contribution in [0.25, 0.3) is 0 Å². The molecule has 0 aromatic carbocycles. The number of nitrogens with one attached hydrogen (secondary N) is 1. The first-order chi connectivity index (χ1) is 8.04. The summed E-state index contributed by atoms with van der Waals surface area (Å²) in [5.74, 6) is 0.655. The number of hydrogen-bond donors (Lipinski definition) is 1. The first-order valence-electron chi connectivity index (χ1n) is 6.35. The molecule has 0 aromatic rings. The van der Waals surface area contributed by atoms with Crippen molar-refractivity contribution >= 4 is 0 Å². The second-order valence-corrected chi connectivity index (χ2v) is 4.72. The third kappa shape index (κ3) is 5.73. The van der Waals surface area contributed by atoms with Crippen molar-refractivity contribution in [2.75, 3.05) is 20.3 Å². The van der Waals surface area contributed by atoms with E-state index in [0.29, 0.717) is 12.3 Å². The number of hydrogen-bond acceptors (Lipinski definition) is 2. The Kier molecular flexibility index (Phi) is 6.27. The van der Waals surface area contributed by atoms with E-state index in [9.17, 15) is 13.2 Å². The van der Waals surface area contributed by atoms with Crippen molar-refractivity contribution in [1.82, 2.24) is 5.32 Å². The zero-order chi connectivity index (χ0) is 12.7. The summed E-state index contributed by atoms with van der Waals surface area (Å²) in [6.07, 6.45) is 0.763. The molecule has 102 valence electrons. The van der Waals surface area contributed by atoms with E-state index in [1.165, 1.54) is 7.05 Å². The lowest BCUT2D eigenvalue weighted by molar-refractivity contribution is -0.156. The van der Waals surface area contributed by atoms with Gasteiger partial charge in [-0.15, -0.1) is 0 Å². The third-order valence-electron chi connectivity index (χ3n) is 3.44. The maximum atomic E-state index is 12.4. The van der Waals surface area contributed by atoms with Crippen molar-refractivity contribution in [2.45, 2.75) is 50.7 Å². The molecule has 1 heterocycles. The maximum absolute atomic E-state index is 12.4. The Labute approximate surface area is 101 Å². The molecule has 0 saturated carbocycles. The van der Waals surface area contributed by atoms with Gasteiger partial charge in [-0.25, -0.2) is 0 Å². The number of rotatable bonds is 6. The summed E-state index contributed by atoms with van der Waals surface area (Å²) in [7, 11) is 1.37. The highest BCUT2D eigenvalue weighted by Crippen LogP contribution is 2.25. The number of alkyl halides is 3. The van der Waals surface area contributed by atoms with E-state index in [2.05, 4.69) is 5.32 Å². The summed E-state index contributed by atoms with van der Waals surface area (Å²) in [6.45, 7) is 1.62. The Morgan fingerprint density at radius 1 is 1.24 bits per heavy atom. The molecule has 5 heteroatoms. The average molecular weight is 253 g/mol. The Morgan fingerprint density at radius 3 is 2.41 bits per heavy atom. The Morgan fingerprint density at radius 2 is 1.88 bits per heavy atom. The van der Waals surface area contributed by atoms with Gasteiger partial charge in [-0.3, -0.25) is 0 Å². The minimum atomic E-state index is -4.12. The predicted molar refractivity (Wildman–Crippen MR) is 60.9 cm³/mol. The van der Waals surface area contributed by atoms with Gasteiger partial charge in [0.2, 0.25) is 0 Å². The third-order valence-corrected chi connectivity index (χ3v) is 3.44. The minimum absolute atomic E-state index is 0.184. The van der Waals surface area contributed by atoms with E-state index in [-0.39, 0.29) is 6.42 Å². The standard InChI is InChI=1S/C12H22F3NO/c1-16-11(12(13,14)15)5-3-2-4-10-6-8-17-9-7-10/h10-11,16H,2-9H2,1H3. The maximum Gasteiger partial charge on any atom is 0.403 e. The fraction of sp³-hybridized carbons (Fsp3) is 1.00. The summed E-state index contributed by atoms with van der Waals surface area (Å²) in [6, 6.07) is -1.35. The highest BCUT2D eigenvalue weighted by atomic mass is 19.4. The van der Waals surface area contributed by atoms with Crippen LogP contribution in [0.5, 0.6) is 0 Å². The molecule has 1 rings (SSSR count). The van der Waals surface area contributed by atoms with Crippen molar-refractivity contribution < 1.29 is 17.9 Å². The van der Waals surface area contributed by atoms with Crippen LogP contribution in [0.2, 0.25) is 0 Å². The first-order valence-corrected chi connectivity index (χ1v) is 6.35. The van der Waals surface area contributed by atoms with Crippen molar-refractivity contribution in [1.29, 1.82) is 0 Å². The normalized spacial score (nSPS) is 20.5. The van der Waals surface area contributed by atoms with Crippen LogP contribution < -0.4 is 5.32 Å². The molecule has 1 saturated heterocycles. The van der Waals surface area contributed by atoms with Gasteiger partial charge in [-0.2, -0.15) is 13.2 Å². The van der Waals surface area contributed by atoms with Crippen LogP contribution in [0, 0.1) is 5.92 Å². The van der Waals surface area contributed by atoms with Crippen molar-refractivity contribution in [3.05, 3.63) is 0 Å². The van der Waals surface area contributed by atoms with Gasteiger partial charge in [0.1, 0.15) is 6.04 Å². The number of unbranched alkanes of at least 4 members (excludes halogenated alkanes) is 1. The highest BCUT2D eigenvalue weighted by Gasteiger charge is 2.37. The van der Waals surface area contributed by atoms with Gasteiger partial charge < -0.3 is 10.1 Å². The highest BCUT2D eigenvalue weighted by molar-refractivity contribution is 4.73. The fourth-order valence-corrected chi connectivity index (χ4v) is 2.29. The molecular formula is C12H22F3NO. The fourth-order valence-electron chi connectivity index (χ4n) is 2.29. The van der Waals surface area contributed by atoms with E-state index in [4.69, 9.17) is 4.74 Å². The lowest BCUT2D eigenvalue weighted by Gasteiger charge is -2.23. The van der Waals surface area contributed by atoms with Gasteiger partial charge in [0, 0.05) is 13.2 Å². The quantitative estimate of drug-likeness (QED) is 0.734. The summed E-state index contributed by atoms with van der Waals surface area (Å²) >= 11 is 0. The van der Waals surface area contributed by atoms with E-state index in [1.54, 1.807) is 0 Å². The molecule has 1 aliphatic rings. The Hall–Kier alpha value is -0.290. The smallest absolute Gasteiger partial charge is 0.381 e. The Bertz CT molecular complexity index is 202. The zero-order valence-corrected chi connectivity index (χ0v) is 10.4. The van der Waals surface area contributed by atoms with Crippen LogP contribution in [-0.4, -0.2) is 32.5 Å². The van der Waals surface area contributed by atoms with Crippen LogP contribution >= 0.6 is 0 Å². The number of halogens is 3. The molecule has 1 unspecified atom stereocenters. The van der Waals surface area contributed by atoms with Gasteiger partial charge in [0.05, 0.1) is 0 Å². The van der Waals surface area contributed by atoms with Gasteiger partial charge in [-0.1, -0.05) is 19.3 Å². The van der Waals surface area contributed by atoms with Crippen LogP contribution in [-0.2, 0) is 4.74 Å². The molecule has 17 heavy (non-hydrogen) atoms. The second kappa shape index (κ2) is 7.21. The van der Waals surface area contributed by atoms with Crippen LogP contribution in [0.3, 0.4) is 0 Å². The molecule has 2 nitrogen and oxygen atoms in total. The number of ether oxygens (including phenoxy) is 1. The SMILES string of the molecule is CNC(CCCCC1CCOCC1)C(F)(F)F. The monoisotopic (exact) mass is 253 g/mol. The molecule has 1 N–H and O–H groups in total. The molecule has 1 atom stereocenters. The zero-order valence-electron chi connectivity index (χ0n) is 10.4. The molecule has 0 amide bonds. The van der Waals surface area contributed by atoms with Gasteiger partial charge in [-0.05, 0) is 32.2 Å². The van der Waals surface area contributed by atoms with E-state index in [0.717, 1.165) is 38.9 Å². The molecule has 1 aliphatic heterocycles. The lowest BCUT2D eigenvalue weighted by Crippen LogP contribution is -2.39. The second-order valence-electron chi connectivity index (χ2n) is 4.72. The van der Waals surface area contributed by atoms with E-state index in [1.807, 2.05) is 0 Å². The molecule has 1 fully saturated rings. The molecule has 0 radical (unpaired) electrons. The van der Waals surface area contributed by atoms with Crippen molar-refractivity contribution in [3.63, 3.8) is 0 Å². The van der Waals surface area contributed by atoms with Crippen LogP contribution in [0.4, 0.5) is 13.2 Å². The molecule has 0 bridgehead atoms. The van der Waals surface area contributed by atoms with Gasteiger partial charge >= 0.3 is 6.18 Å². The molecule has 0 aromatic heterocycles. The molecule has 0 spiro atoms. The largest absolute Gasteiger partial charge is 0.403 e. The van der Waals surface area contributed by atoms with E-state index >= 15 is 0 Å². The van der Waals surface area contributed by atoms with Crippen LogP contribution in [0.1, 0.15) is 38.5 Å². The predicted octanol–water partition coefficient (Wildman–Crippen LogP) is 3.12. The summed E-state index contributed by atoms with van der Waals surface area (Å²) in [5.41, 5.74) is 0. The van der Waals surface area contributed by atoms with Gasteiger partial charge in [0.25, 0.3) is 0 Å². The summed E-state index contributed by atoms with van der Waals surface area (Å²) < 4.78 is 42.5. The van der Waals surface area contributed by atoms with Crippen molar-refractivity contribution in [3.8, 4) is 0 Å². The van der Waals surface area contributed by atoms with Crippen LogP contribution in [0.15, 0.2) is 0 Å². The summed E-state index contributed by atoms with van der Waals surface area (Å²) in [4.78, 5) is 0. The lowest BCUT2D eigenvalue weighted by atomic mass is 9.93. The summed E-state index contributed by atoms with van der Waals surface area (Å²) in [5, 5.41) is 2.34. The molecule has 0 aliphatic carbocycles. The topological polar surface area (TPSA) is 21.3 Å². The average Bonchev–Trinajstić information content (AvgIpc) is 2.28. The van der Waals surface area contributed by atoms with Gasteiger partial charge in [0.15, 0.2) is 0 Å². The Balaban J connectivity index is 2.10. The molecular weight excluding hydrogens is 231 g/mol. The van der Waals surface area contributed by atoms with Crippen molar-refractivity contribution in [2.24, 2.45) is 5.92 Å². The van der Waals surface area contributed by atoms with E-state index < -0.39 is 12.2 Å². The minimum Gasteiger partial charge on any atom is -0.381 e.